The molecule has 1 aliphatic heterocycles. The van der Waals surface area contributed by atoms with Gasteiger partial charge in [0.1, 0.15) is 4.21 Å². The molecule has 1 atom stereocenters. The van der Waals surface area contributed by atoms with Gasteiger partial charge in [-0.15, -0.1) is 16.4 Å². The first-order chi connectivity index (χ1) is 9.68. The Bertz CT molecular complexity index is 637. The molecule has 2 aromatic rings. The van der Waals surface area contributed by atoms with Crippen LogP contribution in [-0.4, -0.2) is 40.8 Å². The van der Waals surface area contributed by atoms with Gasteiger partial charge >= 0.3 is 0 Å². The highest BCUT2D eigenvalue weighted by Crippen LogP contribution is 2.27. The molecular weight excluding hydrogens is 296 g/mol. The minimum Gasteiger partial charge on any atom is -0.249 e. The molecule has 0 radical (unpaired) electrons. The molecule has 0 aromatic carbocycles. The van der Waals surface area contributed by atoms with Crippen LogP contribution in [0.5, 0.6) is 0 Å². The summed E-state index contributed by atoms with van der Waals surface area (Å²) < 4.78 is 28.8. The highest BCUT2D eigenvalue weighted by molar-refractivity contribution is 7.91. The maximum Gasteiger partial charge on any atom is 0.252 e. The largest absolute Gasteiger partial charge is 0.252 e. The van der Waals surface area contributed by atoms with Crippen LogP contribution in [-0.2, 0) is 10.0 Å². The van der Waals surface area contributed by atoms with Gasteiger partial charge in [0.05, 0.1) is 12.2 Å². The zero-order valence-corrected chi connectivity index (χ0v) is 12.6. The molecule has 1 fully saturated rings. The Morgan fingerprint density at radius 1 is 1.30 bits per heavy atom. The lowest BCUT2D eigenvalue weighted by molar-refractivity contribution is 0.386. The Hall–Kier alpha value is -1.25. The van der Waals surface area contributed by atoms with Gasteiger partial charge in [0.15, 0.2) is 0 Å². The van der Waals surface area contributed by atoms with E-state index in [1.165, 1.54) is 11.3 Å². The summed E-state index contributed by atoms with van der Waals surface area (Å²) in [5, 5.41) is 9.63. The summed E-state index contributed by atoms with van der Waals surface area (Å²) in [5.74, 6) is 0. The van der Waals surface area contributed by atoms with E-state index in [2.05, 4.69) is 10.3 Å². The van der Waals surface area contributed by atoms with E-state index in [4.69, 9.17) is 0 Å². The topological polar surface area (TPSA) is 68.1 Å². The summed E-state index contributed by atoms with van der Waals surface area (Å²) in [6.07, 6.45) is 6.04. The quantitative estimate of drug-likeness (QED) is 0.866. The highest BCUT2D eigenvalue weighted by Gasteiger charge is 2.28. The molecule has 3 heterocycles. The molecule has 3 rings (SSSR count). The van der Waals surface area contributed by atoms with Crippen LogP contribution in [0, 0.1) is 0 Å². The molecule has 20 heavy (non-hydrogen) atoms. The van der Waals surface area contributed by atoms with E-state index in [0.29, 0.717) is 17.3 Å². The van der Waals surface area contributed by atoms with Gasteiger partial charge in [-0.3, -0.25) is 0 Å². The molecule has 0 N–H and O–H groups in total. The maximum atomic E-state index is 12.5. The first kappa shape index (κ1) is 13.7. The zero-order chi connectivity index (χ0) is 14.0. The van der Waals surface area contributed by atoms with Crippen LogP contribution in [0.15, 0.2) is 34.1 Å². The van der Waals surface area contributed by atoms with Crippen LogP contribution in [0.1, 0.15) is 25.3 Å². The van der Waals surface area contributed by atoms with E-state index in [-0.39, 0.29) is 6.04 Å². The zero-order valence-electron chi connectivity index (χ0n) is 10.9. The van der Waals surface area contributed by atoms with Gasteiger partial charge in [-0.2, -0.15) is 4.31 Å². The van der Waals surface area contributed by atoms with Gasteiger partial charge in [-0.1, -0.05) is 11.3 Å². The van der Waals surface area contributed by atoms with E-state index >= 15 is 0 Å². The van der Waals surface area contributed by atoms with Gasteiger partial charge in [-0.25, -0.2) is 13.1 Å². The molecule has 1 saturated heterocycles. The first-order valence-electron chi connectivity index (χ1n) is 6.57. The van der Waals surface area contributed by atoms with Crippen LogP contribution in [0.2, 0.25) is 0 Å². The molecular formula is C12H16N4O2S2. The minimum atomic E-state index is -3.33. The molecule has 0 saturated carbocycles. The maximum absolute atomic E-state index is 12.5. The SMILES string of the molecule is O=S(=O)(c1cccs1)N1CCCC(n2ccnn2)CC1. The lowest BCUT2D eigenvalue weighted by Crippen LogP contribution is -2.31. The smallest absolute Gasteiger partial charge is 0.249 e. The Labute approximate surface area is 122 Å². The average molecular weight is 312 g/mol. The van der Waals surface area contributed by atoms with Gasteiger partial charge in [0.2, 0.25) is 0 Å². The number of hydrogen-bond acceptors (Lipinski definition) is 5. The van der Waals surface area contributed by atoms with Crippen molar-refractivity contribution in [3.63, 3.8) is 0 Å². The van der Waals surface area contributed by atoms with Crippen LogP contribution >= 0.6 is 11.3 Å². The Kier molecular flexibility index (Phi) is 3.86. The molecule has 0 spiro atoms. The van der Waals surface area contributed by atoms with Gasteiger partial charge < -0.3 is 0 Å². The second kappa shape index (κ2) is 5.63. The van der Waals surface area contributed by atoms with Crippen molar-refractivity contribution in [1.82, 2.24) is 19.3 Å². The standard InChI is InChI=1S/C12H16N4O2S2/c17-20(18,12-4-2-10-19-12)15-7-1-3-11(5-8-15)16-9-6-13-14-16/h2,4,6,9-11H,1,3,5,7-8H2. The van der Waals surface area contributed by atoms with Crippen molar-refractivity contribution in [3.8, 4) is 0 Å². The van der Waals surface area contributed by atoms with Crippen molar-refractivity contribution >= 4 is 21.4 Å². The molecule has 0 amide bonds. The summed E-state index contributed by atoms with van der Waals surface area (Å²) in [6, 6.07) is 3.67. The van der Waals surface area contributed by atoms with Crippen molar-refractivity contribution in [2.24, 2.45) is 0 Å². The molecule has 8 heteroatoms. The number of sulfonamides is 1. The fourth-order valence-corrected chi connectivity index (χ4v) is 5.14. The predicted octanol–water partition coefficient (Wildman–Crippen LogP) is 1.76. The van der Waals surface area contributed by atoms with Crippen molar-refractivity contribution < 1.29 is 8.42 Å². The summed E-state index contributed by atoms with van der Waals surface area (Å²) in [6.45, 7) is 1.11. The third-order valence-corrected chi connectivity index (χ3v) is 6.83. The summed E-state index contributed by atoms with van der Waals surface area (Å²) in [7, 11) is -3.33. The number of rotatable bonds is 3. The summed E-state index contributed by atoms with van der Waals surface area (Å²) in [5.41, 5.74) is 0. The molecule has 2 aromatic heterocycles. The Balaban J connectivity index is 1.75. The van der Waals surface area contributed by atoms with Crippen LogP contribution in [0.25, 0.3) is 0 Å². The van der Waals surface area contributed by atoms with Gasteiger partial charge in [-0.05, 0) is 30.7 Å². The summed E-state index contributed by atoms with van der Waals surface area (Å²) >= 11 is 1.27. The Morgan fingerprint density at radius 2 is 2.20 bits per heavy atom. The Morgan fingerprint density at radius 3 is 2.90 bits per heavy atom. The fraction of sp³-hybridized carbons (Fsp3) is 0.500. The molecule has 1 aliphatic rings. The average Bonchev–Trinajstić information content (AvgIpc) is 3.08. The van der Waals surface area contributed by atoms with E-state index in [1.54, 1.807) is 28.0 Å². The number of nitrogens with zero attached hydrogens (tertiary/aromatic N) is 4. The number of aromatic nitrogens is 3. The predicted molar refractivity (Wildman–Crippen MR) is 76.0 cm³/mol. The minimum absolute atomic E-state index is 0.237. The molecule has 0 aliphatic carbocycles. The fourth-order valence-electron chi connectivity index (χ4n) is 2.51. The monoisotopic (exact) mass is 312 g/mol. The summed E-state index contributed by atoms with van der Waals surface area (Å²) in [4.78, 5) is 0. The highest BCUT2D eigenvalue weighted by atomic mass is 32.2. The van der Waals surface area contributed by atoms with Crippen LogP contribution in [0.3, 0.4) is 0 Å². The van der Waals surface area contributed by atoms with Crippen LogP contribution < -0.4 is 0 Å². The molecule has 6 nitrogen and oxygen atoms in total. The van der Waals surface area contributed by atoms with Crippen molar-refractivity contribution in [2.45, 2.75) is 29.5 Å². The first-order valence-corrected chi connectivity index (χ1v) is 8.89. The lowest BCUT2D eigenvalue weighted by atomic mass is 10.1. The second-order valence-corrected chi connectivity index (χ2v) is 7.92. The van der Waals surface area contributed by atoms with Crippen molar-refractivity contribution in [1.29, 1.82) is 0 Å². The molecule has 0 bridgehead atoms. The number of thiophene rings is 1. The van der Waals surface area contributed by atoms with Crippen molar-refractivity contribution in [3.05, 3.63) is 29.9 Å². The lowest BCUT2D eigenvalue weighted by Gasteiger charge is -2.19. The molecule has 1 unspecified atom stereocenters. The van der Waals surface area contributed by atoms with E-state index in [9.17, 15) is 8.42 Å². The van der Waals surface area contributed by atoms with E-state index in [1.807, 2.05) is 10.9 Å². The van der Waals surface area contributed by atoms with E-state index < -0.39 is 10.0 Å². The van der Waals surface area contributed by atoms with Gasteiger partial charge in [0, 0.05) is 19.3 Å². The number of hydrogen-bond donors (Lipinski definition) is 0. The third kappa shape index (κ3) is 2.63. The normalized spacial score (nSPS) is 21.7. The van der Waals surface area contributed by atoms with E-state index in [0.717, 1.165) is 19.3 Å². The van der Waals surface area contributed by atoms with Crippen LogP contribution in [0.4, 0.5) is 0 Å². The van der Waals surface area contributed by atoms with Crippen molar-refractivity contribution in [2.75, 3.05) is 13.1 Å². The third-order valence-electron chi connectivity index (χ3n) is 3.56. The molecule has 108 valence electrons. The second-order valence-electron chi connectivity index (χ2n) is 4.80. The van der Waals surface area contributed by atoms with Gasteiger partial charge in [0.25, 0.3) is 10.0 Å².